The highest BCUT2D eigenvalue weighted by atomic mass is 32.1. The zero-order valence-corrected chi connectivity index (χ0v) is 12.2. The van der Waals surface area contributed by atoms with E-state index < -0.39 is 5.91 Å². The molecule has 8 heteroatoms. The van der Waals surface area contributed by atoms with Gasteiger partial charge >= 0.3 is 0 Å². The maximum Gasteiger partial charge on any atom is 0.269 e. The summed E-state index contributed by atoms with van der Waals surface area (Å²) >= 11 is 1.53. The summed E-state index contributed by atoms with van der Waals surface area (Å²) in [5, 5.41) is 10.2. The molecule has 0 aromatic carbocycles. The second-order valence-electron chi connectivity index (χ2n) is 4.45. The summed E-state index contributed by atoms with van der Waals surface area (Å²) < 4.78 is 1.55. The number of carbonyl (C=O) groups excluding carboxylic acids is 1. The Morgan fingerprint density at radius 1 is 1.43 bits per heavy atom. The normalized spacial score (nSPS) is 10.9. The van der Waals surface area contributed by atoms with E-state index in [-0.39, 0.29) is 5.69 Å². The number of hydrogen-bond acceptors (Lipinski definition) is 6. The molecule has 0 aliphatic rings. The van der Waals surface area contributed by atoms with E-state index in [4.69, 9.17) is 5.73 Å². The molecule has 0 aliphatic heterocycles. The van der Waals surface area contributed by atoms with Crippen molar-refractivity contribution in [3.63, 3.8) is 0 Å². The quantitative estimate of drug-likeness (QED) is 0.748. The fourth-order valence-electron chi connectivity index (χ4n) is 1.90. The molecule has 3 N–H and O–H groups in total. The van der Waals surface area contributed by atoms with Gasteiger partial charge in [-0.25, -0.2) is 9.67 Å². The van der Waals surface area contributed by atoms with Crippen molar-refractivity contribution in [2.45, 2.75) is 13.3 Å². The van der Waals surface area contributed by atoms with Gasteiger partial charge in [-0.15, -0.1) is 11.3 Å². The Balaban J connectivity index is 2.10. The summed E-state index contributed by atoms with van der Waals surface area (Å²) in [7, 11) is 0. The minimum absolute atomic E-state index is 0.208. The second-order valence-corrected chi connectivity index (χ2v) is 5.34. The summed E-state index contributed by atoms with van der Waals surface area (Å²) in [6.45, 7) is 2.87. The van der Waals surface area contributed by atoms with Gasteiger partial charge in [0.1, 0.15) is 10.5 Å². The Morgan fingerprint density at radius 2 is 2.29 bits per heavy atom. The molecule has 0 spiro atoms. The van der Waals surface area contributed by atoms with Gasteiger partial charge in [0, 0.05) is 12.7 Å². The van der Waals surface area contributed by atoms with E-state index >= 15 is 0 Å². The van der Waals surface area contributed by atoms with Crippen molar-refractivity contribution in [1.29, 1.82) is 0 Å². The van der Waals surface area contributed by atoms with E-state index in [0.29, 0.717) is 11.8 Å². The Kier molecular flexibility index (Phi) is 3.53. The molecular formula is C13H14N6OS. The molecule has 3 aromatic heterocycles. The highest BCUT2D eigenvalue weighted by Crippen LogP contribution is 2.25. The number of anilines is 1. The van der Waals surface area contributed by atoms with Crippen LogP contribution in [0.5, 0.6) is 0 Å². The summed E-state index contributed by atoms with van der Waals surface area (Å²) in [5.41, 5.74) is 5.44. The number of hydrogen-bond donors (Lipinski definition) is 2. The van der Waals surface area contributed by atoms with Crippen LogP contribution in [-0.4, -0.2) is 32.2 Å². The van der Waals surface area contributed by atoms with Gasteiger partial charge in [-0.1, -0.05) is 6.92 Å². The Hall–Kier alpha value is -2.48. The van der Waals surface area contributed by atoms with Crippen molar-refractivity contribution in [2.75, 3.05) is 11.9 Å². The number of primary amides is 1. The van der Waals surface area contributed by atoms with Crippen LogP contribution in [0.4, 0.5) is 5.95 Å². The number of nitrogens with zero attached hydrogens (tertiary/aromatic N) is 4. The molecule has 0 atom stereocenters. The number of nitrogens with two attached hydrogens (primary N) is 1. The molecule has 0 aliphatic carbocycles. The molecule has 3 aromatic rings. The van der Waals surface area contributed by atoms with Gasteiger partial charge in [-0.05, 0) is 23.9 Å². The lowest BCUT2D eigenvalue weighted by Crippen LogP contribution is -2.13. The molecule has 0 bridgehead atoms. The van der Waals surface area contributed by atoms with E-state index in [2.05, 4.69) is 27.3 Å². The zero-order valence-electron chi connectivity index (χ0n) is 11.4. The number of amides is 1. The fraction of sp³-hybridized carbons (Fsp3) is 0.231. The molecule has 108 valence electrons. The lowest BCUT2D eigenvalue weighted by molar-refractivity contribution is 0.0995. The van der Waals surface area contributed by atoms with Gasteiger partial charge in [-0.2, -0.15) is 10.1 Å². The largest absolute Gasteiger partial charge is 0.364 e. The standard InChI is InChI=1S/C13H14N6OS/c1-2-5-15-13-16-11(8-4-7-21-12(8)17-13)19-6-3-9(18-19)10(14)20/h3-4,6-7H,2,5H2,1H3,(H2,14,20)(H,15,16,17). The topological polar surface area (TPSA) is 98.7 Å². The highest BCUT2D eigenvalue weighted by molar-refractivity contribution is 7.16. The number of thiophene rings is 1. The predicted octanol–water partition coefficient (Wildman–Crippen LogP) is 1.80. The second kappa shape index (κ2) is 5.49. The van der Waals surface area contributed by atoms with Crippen LogP contribution in [0.15, 0.2) is 23.7 Å². The lowest BCUT2D eigenvalue weighted by atomic mass is 10.4. The molecular weight excluding hydrogens is 288 g/mol. The van der Waals surface area contributed by atoms with Crippen molar-refractivity contribution in [2.24, 2.45) is 5.73 Å². The van der Waals surface area contributed by atoms with E-state index in [1.807, 2.05) is 11.4 Å². The lowest BCUT2D eigenvalue weighted by Gasteiger charge is -2.07. The van der Waals surface area contributed by atoms with Gasteiger partial charge in [0.15, 0.2) is 5.82 Å². The number of rotatable bonds is 5. The first-order valence-corrected chi connectivity index (χ1v) is 7.42. The van der Waals surface area contributed by atoms with Gasteiger partial charge in [-0.3, -0.25) is 4.79 Å². The van der Waals surface area contributed by atoms with Crippen LogP contribution in [0, 0.1) is 0 Å². The van der Waals surface area contributed by atoms with Crippen molar-refractivity contribution in [1.82, 2.24) is 19.7 Å². The molecule has 0 saturated carbocycles. The van der Waals surface area contributed by atoms with Crippen LogP contribution in [0.2, 0.25) is 0 Å². The molecule has 3 heterocycles. The maximum absolute atomic E-state index is 11.2. The molecule has 0 fully saturated rings. The summed E-state index contributed by atoms with van der Waals surface area (Å²) in [4.78, 5) is 21.0. The molecule has 7 nitrogen and oxygen atoms in total. The predicted molar refractivity (Wildman–Crippen MR) is 81.8 cm³/mol. The number of carbonyl (C=O) groups is 1. The third-order valence-electron chi connectivity index (χ3n) is 2.90. The first-order chi connectivity index (χ1) is 10.2. The third-order valence-corrected chi connectivity index (χ3v) is 3.70. The highest BCUT2D eigenvalue weighted by Gasteiger charge is 2.13. The van der Waals surface area contributed by atoms with Gasteiger partial charge in [0.05, 0.1) is 5.39 Å². The monoisotopic (exact) mass is 302 g/mol. The van der Waals surface area contributed by atoms with Gasteiger partial charge in [0.2, 0.25) is 5.95 Å². The van der Waals surface area contributed by atoms with Crippen LogP contribution < -0.4 is 11.1 Å². The molecule has 3 rings (SSSR count). The van der Waals surface area contributed by atoms with Crippen molar-refractivity contribution in [3.05, 3.63) is 29.4 Å². The van der Waals surface area contributed by atoms with E-state index in [1.54, 1.807) is 16.9 Å². The summed E-state index contributed by atoms with van der Waals surface area (Å²) in [5.74, 6) is 0.624. The van der Waals surface area contributed by atoms with E-state index in [1.165, 1.54) is 11.3 Å². The van der Waals surface area contributed by atoms with E-state index in [9.17, 15) is 4.79 Å². The third kappa shape index (κ3) is 2.57. The first kappa shape index (κ1) is 13.5. The fourth-order valence-corrected chi connectivity index (χ4v) is 2.66. The summed E-state index contributed by atoms with van der Waals surface area (Å²) in [6.07, 6.45) is 2.65. The van der Waals surface area contributed by atoms with Crippen molar-refractivity contribution < 1.29 is 4.79 Å². The summed E-state index contributed by atoms with van der Waals surface area (Å²) in [6, 6.07) is 3.51. The molecule has 0 radical (unpaired) electrons. The number of aromatic nitrogens is 4. The smallest absolute Gasteiger partial charge is 0.269 e. The van der Waals surface area contributed by atoms with Crippen LogP contribution in [0.25, 0.3) is 16.0 Å². The Labute approximate surface area is 124 Å². The number of nitrogens with one attached hydrogen (secondary N) is 1. The molecule has 0 unspecified atom stereocenters. The van der Waals surface area contributed by atoms with Crippen molar-refractivity contribution in [3.8, 4) is 5.82 Å². The van der Waals surface area contributed by atoms with Crippen LogP contribution in [-0.2, 0) is 0 Å². The minimum Gasteiger partial charge on any atom is -0.364 e. The Morgan fingerprint density at radius 3 is 3.00 bits per heavy atom. The van der Waals surface area contributed by atoms with Crippen LogP contribution >= 0.6 is 11.3 Å². The Bertz CT molecular complexity index is 793. The van der Waals surface area contributed by atoms with Crippen molar-refractivity contribution >= 4 is 33.4 Å². The average Bonchev–Trinajstić information content (AvgIpc) is 3.12. The number of fused-ring (bicyclic) bond motifs is 1. The molecule has 1 amide bonds. The maximum atomic E-state index is 11.2. The first-order valence-electron chi connectivity index (χ1n) is 6.54. The van der Waals surface area contributed by atoms with Crippen LogP contribution in [0.1, 0.15) is 23.8 Å². The van der Waals surface area contributed by atoms with Crippen LogP contribution in [0.3, 0.4) is 0 Å². The molecule has 0 saturated heterocycles. The molecule has 21 heavy (non-hydrogen) atoms. The van der Waals surface area contributed by atoms with E-state index in [0.717, 1.165) is 23.2 Å². The minimum atomic E-state index is -0.561. The SMILES string of the molecule is CCCNc1nc(-n2ccc(C(N)=O)n2)c2ccsc2n1. The average molecular weight is 302 g/mol. The van der Waals surface area contributed by atoms with Gasteiger partial charge < -0.3 is 11.1 Å². The zero-order chi connectivity index (χ0) is 14.8. The van der Waals surface area contributed by atoms with Gasteiger partial charge in [0.25, 0.3) is 5.91 Å².